The number of nitrogens with two attached hydrogens (primary N) is 1. The minimum absolute atomic E-state index is 0.139. The molecule has 2 rings (SSSR count). The minimum atomic E-state index is -0.214. The van der Waals surface area contributed by atoms with Gasteiger partial charge in [0.1, 0.15) is 0 Å². The van der Waals surface area contributed by atoms with Crippen molar-refractivity contribution in [3.8, 4) is 0 Å². The number of carbonyl (C=O) groups excluding carboxylic acids is 1. The predicted molar refractivity (Wildman–Crippen MR) is 95.2 cm³/mol. The fourth-order valence-electron chi connectivity index (χ4n) is 3.32. The van der Waals surface area contributed by atoms with Gasteiger partial charge in [-0.05, 0) is 69.2 Å². The number of hydrogen-bond donors (Lipinski definition) is 2. The molecule has 21 heavy (non-hydrogen) atoms. The molecule has 1 aromatic rings. The second-order valence-corrected chi connectivity index (χ2v) is 8.11. The Balaban J connectivity index is 2.24. The third-order valence-electron chi connectivity index (χ3n) is 4.14. The minimum Gasteiger partial charge on any atom is -0.399 e. The lowest BCUT2D eigenvalue weighted by atomic mass is 9.77. The van der Waals surface area contributed by atoms with Crippen LogP contribution in [0.2, 0.25) is 0 Å². The highest BCUT2D eigenvalue weighted by molar-refractivity contribution is 9.11. The number of nitrogen functional groups attached to an aromatic ring is 1. The maximum Gasteiger partial charge on any atom is 0.230 e. The molecule has 0 bridgehead atoms. The Kier molecular flexibility index (Phi) is 5.36. The number of rotatable bonds is 4. The van der Waals surface area contributed by atoms with E-state index in [2.05, 4.69) is 51.0 Å². The summed E-state index contributed by atoms with van der Waals surface area (Å²) in [6.07, 6.45) is 5.21. The number of anilines is 2. The lowest BCUT2D eigenvalue weighted by Crippen LogP contribution is -2.35. The predicted octanol–water partition coefficient (Wildman–Crippen LogP) is 5.34. The molecular formula is C16H22Br2N2O. The molecule has 1 aliphatic rings. The normalized spacial score (nSPS) is 17.2. The van der Waals surface area contributed by atoms with Gasteiger partial charge in [0, 0.05) is 20.0 Å². The van der Waals surface area contributed by atoms with Crippen LogP contribution < -0.4 is 11.1 Å². The average molecular weight is 418 g/mol. The maximum absolute atomic E-state index is 12.9. The van der Waals surface area contributed by atoms with E-state index in [1.54, 1.807) is 0 Å². The van der Waals surface area contributed by atoms with Crippen molar-refractivity contribution >= 4 is 49.1 Å². The summed E-state index contributed by atoms with van der Waals surface area (Å²) < 4.78 is 1.61. The van der Waals surface area contributed by atoms with E-state index in [4.69, 9.17) is 5.73 Å². The van der Waals surface area contributed by atoms with Gasteiger partial charge in [-0.3, -0.25) is 4.79 Å². The third kappa shape index (κ3) is 3.81. The number of nitrogens with one attached hydrogen (secondary N) is 1. The first-order chi connectivity index (χ1) is 9.84. The zero-order valence-corrected chi connectivity index (χ0v) is 15.7. The summed E-state index contributed by atoms with van der Waals surface area (Å²) in [7, 11) is 0. The molecule has 116 valence electrons. The molecule has 0 aliphatic heterocycles. The van der Waals surface area contributed by atoms with E-state index >= 15 is 0 Å². The number of benzene rings is 1. The quantitative estimate of drug-likeness (QED) is 0.649. The van der Waals surface area contributed by atoms with Gasteiger partial charge in [0.25, 0.3) is 0 Å². The van der Waals surface area contributed by atoms with Crippen LogP contribution in [0.4, 0.5) is 11.4 Å². The zero-order valence-electron chi connectivity index (χ0n) is 12.5. The van der Waals surface area contributed by atoms with Crippen LogP contribution in [0.15, 0.2) is 21.1 Å². The SMILES string of the molecule is CC(C)CC1(C(=O)Nc2c(Br)cc(N)cc2Br)CCCC1. The van der Waals surface area contributed by atoms with E-state index in [9.17, 15) is 4.79 Å². The summed E-state index contributed by atoms with van der Waals surface area (Å²) >= 11 is 6.96. The summed E-state index contributed by atoms with van der Waals surface area (Å²) in [5.41, 5.74) is 7.01. The van der Waals surface area contributed by atoms with Crippen molar-refractivity contribution in [2.24, 2.45) is 11.3 Å². The first kappa shape index (κ1) is 16.8. The molecule has 3 nitrogen and oxygen atoms in total. The molecule has 0 spiro atoms. The smallest absolute Gasteiger partial charge is 0.230 e. The second kappa shape index (κ2) is 6.69. The highest BCUT2D eigenvalue weighted by Crippen LogP contribution is 2.45. The Morgan fingerprint density at radius 2 is 1.81 bits per heavy atom. The highest BCUT2D eigenvalue weighted by Gasteiger charge is 2.41. The van der Waals surface area contributed by atoms with Gasteiger partial charge in [-0.25, -0.2) is 0 Å². The van der Waals surface area contributed by atoms with Gasteiger partial charge in [0.05, 0.1) is 5.69 Å². The maximum atomic E-state index is 12.9. The number of halogens is 2. The molecule has 1 fully saturated rings. The Hall–Kier alpha value is -0.550. The largest absolute Gasteiger partial charge is 0.399 e. The molecule has 0 saturated heterocycles. The van der Waals surface area contributed by atoms with Crippen LogP contribution in [-0.4, -0.2) is 5.91 Å². The fourth-order valence-corrected chi connectivity index (χ4v) is 4.74. The van der Waals surface area contributed by atoms with Crippen molar-refractivity contribution in [2.75, 3.05) is 11.1 Å². The van der Waals surface area contributed by atoms with Crippen molar-refractivity contribution in [3.63, 3.8) is 0 Å². The molecule has 0 radical (unpaired) electrons. The van der Waals surface area contributed by atoms with Crippen molar-refractivity contribution < 1.29 is 4.79 Å². The molecule has 0 heterocycles. The lowest BCUT2D eigenvalue weighted by molar-refractivity contribution is -0.126. The van der Waals surface area contributed by atoms with Crippen LogP contribution in [0.25, 0.3) is 0 Å². The Labute approximate surface area is 143 Å². The first-order valence-corrected chi connectivity index (χ1v) is 8.99. The highest BCUT2D eigenvalue weighted by atomic mass is 79.9. The van der Waals surface area contributed by atoms with E-state index in [-0.39, 0.29) is 11.3 Å². The van der Waals surface area contributed by atoms with Gasteiger partial charge < -0.3 is 11.1 Å². The van der Waals surface area contributed by atoms with E-state index < -0.39 is 0 Å². The van der Waals surface area contributed by atoms with E-state index in [1.807, 2.05) is 12.1 Å². The molecule has 1 aromatic carbocycles. The van der Waals surface area contributed by atoms with Gasteiger partial charge in [-0.15, -0.1) is 0 Å². The third-order valence-corrected chi connectivity index (χ3v) is 5.40. The van der Waals surface area contributed by atoms with Gasteiger partial charge >= 0.3 is 0 Å². The fraction of sp³-hybridized carbons (Fsp3) is 0.562. The summed E-state index contributed by atoms with van der Waals surface area (Å²) in [5, 5.41) is 3.11. The summed E-state index contributed by atoms with van der Waals surface area (Å²) in [4.78, 5) is 12.9. The molecule has 1 saturated carbocycles. The van der Waals surface area contributed by atoms with Crippen LogP contribution >= 0.6 is 31.9 Å². The van der Waals surface area contributed by atoms with Crippen molar-refractivity contribution in [2.45, 2.75) is 46.0 Å². The number of carbonyl (C=O) groups is 1. The van der Waals surface area contributed by atoms with Gasteiger partial charge in [-0.2, -0.15) is 0 Å². The average Bonchev–Trinajstić information content (AvgIpc) is 2.82. The van der Waals surface area contributed by atoms with Crippen molar-refractivity contribution in [1.29, 1.82) is 0 Å². The second-order valence-electron chi connectivity index (χ2n) is 6.40. The van der Waals surface area contributed by atoms with Crippen LogP contribution in [0.1, 0.15) is 46.0 Å². The number of amides is 1. The molecule has 1 amide bonds. The standard InChI is InChI=1S/C16H22Br2N2O/c1-10(2)9-16(5-3-4-6-16)15(21)20-14-12(17)7-11(19)8-13(14)18/h7-8,10H,3-6,9,19H2,1-2H3,(H,20,21). The molecule has 0 aromatic heterocycles. The van der Waals surface area contributed by atoms with E-state index in [0.29, 0.717) is 11.6 Å². The lowest BCUT2D eigenvalue weighted by Gasteiger charge is -2.30. The van der Waals surface area contributed by atoms with E-state index in [0.717, 1.165) is 46.7 Å². The Morgan fingerprint density at radius 1 is 1.29 bits per heavy atom. The molecule has 3 N–H and O–H groups in total. The first-order valence-electron chi connectivity index (χ1n) is 7.40. The van der Waals surface area contributed by atoms with Crippen LogP contribution in [0, 0.1) is 11.3 Å². The van der Waals surface area contributed by atoms with Crippen molar-refractivity contribution in [3.05, 3.63) is 21.1 Å². The van der Waals surface area contributed by atoms with Gasteiger partial charge in [0.15, 0.2) is 0 Å². The molecular weight excluding hydrogens is 396 g/mol. The van der Waals surface area contributed by atoms with Crippen LogP contribution in [0.5, 0.6) is 0 Å². The topological polar surface area (TPSA) is 55.1 Å². The van der Waals surface area contributed by atoms with Gasteiger partial charge in [-0.1, -0.05) is 26.7 Å². The zero-order chi connectivity index (χ0) is 15.6. The Morgan fingerprint density at radius 3 is 2.29 bits per heavy atom. The molecule has 0 atom stereocenters. The van der Waals surface area contributed by atoms with Gasteiger partial charge in [0.2, 0.25) is 5.91 Å². The Bertz CT molecular complexity index is 514. The monoisotopic (exact) mass is 416 g/mol. The van der Waals surface area contributed by atoms with Crippen LogP contribution in [-0.2, 0) is 4.79 Å². The van der Waals surface area contributed by atoms with E-state index in [1.165, 1.54) is 0 Å². The number of hydrogen-bond acceptors (Lipinski definition) is 2. The molecule has 1 aliphatic carbocycles. The molecule has 0 unspecified atom stereocenters. The van der Waals surface area contributed by atoms with Crippen LogP contribution in [0.3, 0.4) is 0 Å². The summed E-state index contributed by atoms with van der Waals surface area (Å²) in [5.74, 6) is 0.659. The molecule has 5 heteroatoms. The summed E-state index contributed by atoms with van der Waals surface area (Å²) in [6, 6.07) is 3.62. The van der Waals surface area contributed by atoms with Crippen molar-refractivity contribution in [1.82, 2.24) is 0 Å². The summed E-state index contributed by atoms with van der Waals surface area (Å²) in [6.45, 7) is 4.37.